The average molecular weight is 475 g/mol. The molecule has 0 heterocycles. The van der Waals surface area contributed by atoms with E-state index in [-0.39, 0.29) is 0 Å². The van der Waals surface area contributed by atoms with E-state index in [1.807, 2.05) is 98.8 Å². The fraction of sp³-hybridized carbons (Fsp3) is 0.167. The van der Waals surface area contributed by atoms with Gasteiger partial charge in [0.15, 0.2) is 0 Å². The van der Waals surface area contributed by atoms with Gasteiger partial charge in [-0.3, -0.25) is 0 Å². The highest BCUT2D eigenvalue weighted by molar-refractivity contribution is 5.87. The fourth-order valence-corrected chi connectivity index (χ4v) is 2.57. The first kappa shape index (κ1) is 28.8. The van der Waals surface area contributed by atoms with Crippen LogP contribution in [0.5, 0.6) is 17.2 Å². The van der Waals surface area contributed by atoms with Gasteiger partial charge in [0.2, 0.25) is 0 Å². The second-order valence-electron chi connectivity index (χ2n) is 6.90. The van der Waals surface area contributed by atoms with Gasteiger partial charge in [-0.25, -0.2) is 4.79 Å². The van der Waals surface area contributed by atoms with Gasteiger partial charge in [0.05, 0.1) is 26.4 Å². The summed E-state index contributed by atoms with van der Waals surface area (Å²) in [5.74, 6) is 1.93. The van der Waals surface area contributed by atoms with Gasteiger partial charge in [0, 0.05) is 0 Å². The van der Waals surface area contributed by atoms with Crippen molar-refractivity contribution in [2.24, 2.45) is 0 Å². The number of para-hydroxylation sites is 3. The first-order chi connectivity index (χ1) is 17.0. The van der Waals surface area contributed by atoms with Crippen molar-refractivity contribution < 1.29 is 24.1 Å². The van der Waals surface area contributed by atoms with E-state index in [1.165, 1.54) is 5.56 Å². The molecule has 0 aliphatic rings. The Balaban J connectivity index is 0.000000234. The minimum atomic E-state index is -0.879. The van der Waals surface area contributed by atoms with Crippen LogP contribution in [0.3, 0.4) is 0 Å². The topological polar surface area (TPSA) is 65.0 Å². The number of aromatic carboxylic acids is 1. The van der Waals surface area contributed by atoms with E-state index in [0.717, 1.165) is 23.9 Å². The van der Waals surface area contributed by atoms with E-state index in [1.54, 1.807) is 44.6 Å². The van der Waals surface area contributed by atoms with E-state index in [2.05, 4.69) is 0 Å². The predicted molar refractivity (Wildman–Crippen MR) is 142 cm³/mol. The number of carbonyl (C=O) groups is 1. The van der Waals surface area contributed by atoms with Crippen LogP contribution in [0.1, 0.15) is 22.8 Å². The maximum atomic E-state index is 10.2. The molecule has 0 amide bonds. The number of hydrogen-bond donors (Lipinski definition) is 1. The quantitative estimate of drug-likeness (QED) is 0.332. The zero-order valence-electron chi connectivity index (χ0n) is 20.8. The number of carboxylic acid groups (broad SMARTS) is 1. The second-order valence-corrected chi connectivity index (χ2v) is 6.90. The molecule has 35 heavy (non-hydrogen) atoms. The summed E-state index contributed by atoms with van der Waals surface area (Å²) < 4.78 is 15.2. The Morgan fingerprint density at radius 3 is 1.37 bits per heavy atom. The number of aryl methyl sites for hydroxylation is 1. The molecule has 0 aliphatic carbocycles. The molecule has 4 rings (SSSR count). The van der Waals surface area contributed by atoms with Gasteiger partial charge in [-0.1, -0.05) is 72.8 Å². The van der Waals surface area contributed by atoms with Gasteiger partial charge in [-0.05, 0) is 61.9 Å². The summed E-state index contributed by atoms with van der Waals surface area (Å²) in [5.41, 5.74) is 1.53. The first-order valence-corrected chi connectivity index (χ1v) is 11.2. The van der Waals surface area contributed by atoms with Gasteiger partial charge in [0.1, 0.15) is 17.2 Å². The highest BCUT2D eigenvalue weighted by Gasteiger charge is 1.96. The molecule has 1 N–H and O–H groups in total. The Kier molecular flexibility index (Phi) is 15.0. The summed E-state index contributed by atoms with van der Waals surface area (Å²) >= 11 is 0. The maximum absolute atomic E-state index is 10.2. The van der Waals surface area contributed by atoms with Crippen molar-refractivity contribution in [3.05, 3.63) is 126 Å². The number of methoxy groups -OCH3 is 2. The molecular weight excluding hydrogens is 440 g/mol. The van der Waals surface area contributed by atoms with Crippen molar-refractivity contribution in [3.63, 3.8) is 0 Å². The van der Waals surface area contributed by atoms with Crippen LogP contribution in [-0.4, -0.2) is 31.9 Å². The summed E-state index contributed by atoms with van der Waals surface area (Å²) in [5, 5.41) is 8.38. The minimum Gasteiger partial charge on any atom is -0.497 e. The Hall–Kier alpha value is -4.25. The zero-order chi connectivity index (χ0) is 25.7. The Morgan fingerprint density at radius 2 is 1.06 bits per heavy atom. The van der Waals surface area contributed by atoms with Crippen LogP contribution in [0.25, 0.3) is 0 Å². The molecule has 0 saturated carbocycles. The van der Waals surface area contributed by atoms with Crippen molar-refractivity contribution in [2.45, 2.75) is 13.8 Å². The summed E-state index contributed by atoms with van der Waals surface area (Å²) in [6, 6.07) is 35.7. The van der Waals surface area contributed by atoms with Crippen molar-refractivity contribution >= 4 is 5.97 Å². The molecule has 4 aromatic rings. The van der Waals surface area contributed by atoms with Crippen LogP contribution in [0.15, 0.2) is 115 Å². The number of benzene rings is 4. The van der Waals surface area contributed by atoms with Crippen molar-refractivity contribution in [1.29, 1.82) is 0 Å². The molecule has 0 radical (unpaired) electrons. The molecule has 4 aromatic carbocycles. The van der Waals surface area contributed by atoms with Crippen LogP contribution in [0, 0.1) is 6.92 Å². The van der Waals surface area contributed by atoms with Gasteiger partial charge < -0.3 is 19.3 Å². The van der Waals surface area contributed by atoms with Crippen LogP contribution in [0.2, 0.25) is 0 Å². The minimum absolute atomic E-state index is 0.331. The molecule has 5 heteroatoms. The number of ether oxygens (including phenoxy) is 3. The molecule has 0 bridgehead atoms. The van der Waals surface area contributed by atoms with Crippen molar-refractivity contribution in [2.75, 3.05) is 20.8 Å². The second kappa shape index (κ2) is 18.2. The van der Waals surface area contributed by atoms with E-state index in [9.17, 15) is 4.79 Å². The number of hydrogen-bond acceptors (Lipinski definition) is 4. The molecule has 0 spiro atoms. The van der Waals surface area contributed by atoms with Crippen molar-refractivity contribution in [3.8, 4) is 17.2 Å². The molecular formula is C30H34O5. The van der Waals surface area contributed by atoms with E-state index < -0.39 is 5.97 Å². The van der Waals surface area contributed by atoms with Gasteiger partial charge in [-0.2, -0.15) is 0 Å². The molecule has 5 nitrogen and oxygen atoms in total. The molecule has 0 aliphatic heterocycles. The predicted octanol–water partition coefficient (Wildman–Crippen LogP) is 7.17. The molecule has 0 aromatic heterocycles. The van der Waals surface area contributed by atoms with Gasteiger partial charge >= 0.3 is 5.97 Å². The average Bonchev–Trinajstić information content (AvgIpc) is 2.92. The maximum Gasteiger partial charge on any atom is 0.335 e. The smallest absolute Gasteiger partial charge is 0.335 e. The molecule has 0 atom stereocenters. The monoisotopic (exact) mass is 474 g/mol. The summed E-state index contributed by atoms with van der Waals surface area (Å²) in [6.07, 6.45) is 0. The lowest BCUT2D eigenvalue weighted by Gasteiger charge is -2.04. The highest BCUT2D eigenvalue weighted by Crippen LogP contribution is 2.15. The molecule has 0 fully saturated rings. The third kappa shape index (κ3) is 13.1. The molecule has 0 saturated heterocycles. The van der Waals surface area contributed by atoms with Crippen molar-refractivity contribution in [1.82, 2.24) is 0 Å². The highest BCUT2D eigenvalue weighted by atomic mass is 16.5. The lowest BCUT2D eigenvalue weighted by molar-refractivity contribution is 0.0697. The number of rotatable bonds is 5. The van der Waals surface area contributed by atoms with Crippen LogP contribution in [0.4, 0.5) is 0 Å². The van der Waals surface area contributed by atoms with E-state index >= 15 is 0 Å². The Labute approximate surface area is 208 Å². The van der Waals surface area contributed by atoms with Crippen LogP contribution < -0.4 is 14.2 Å². The third-order valence-electron chi connectivity index (χ3n) is 4.37. The molecule has 184 valence electrons. The summed E-state index contributed by atoms with van der Waals surface area (Å²) in [4.78, 5) is 10.2. The third-order valence-corrected chi connectivity index (χ3v) is 4.37. The van der Waals surface area contributed by atoms with E-state index in [4.69, 9.17) is 19.3 Å². The van der Waals surface area contributed by atoms with E-state index in [0.29, 0.717) is 5.56 Å². The van der Waals surface area contributed by atoms with Crippen LogP contribution >= 0.6 is 0 Å². The van der Waals surface area contributed by atoms with Crippen LogP contribution in [-0.2, 0) is 0 Å². The fourth-order valence-electron chi connectivity index (χ4n) is 2.57. The lowest BCUT2D eigenvalue weighted by atomic mass is 10.2. The molecule has 0 unspecified atom stereocenters. The number of carboxylic acids is 1. The summed E-state index contributed by atoms with van der Waals surface area (Å²) in [6.45, 7) is 4.78. The normalized spacial score (nSPS) is 8.91. The van der Waals surface area contributed by atoms with Gasteiger partial charge in [-0.15, -0.1) is 0 Å². The Bertz CT molecular complexity index is 1010. The Morgan fingerprint density at radius 1 is 0.657 bits per heavy atom. The largest absolute Gasteiger partial charge is 0.497 e. The SMILES string of the molecule is CCOc1ccccc1C.COc1ccccc1.COc1ccccc1.O=C(O)c1ccccc1. The summed E-state index contributed by atoms with van der Waals surface area (Å²) in [7, 11) is 3.32. The lowest BCUT2D eigenvalue weighted by Crippen LogP contribution is -1.93. The van der Waals surface area contributed by atoms with Gasteiger partial charge in [0.25, 0.3) is 0 Å². The zero-order valence-corrected chi connectivity index (χ0v) is 20.8. The first-order valence-electron chi connectivity index (χ1n) is 11.2. The standard InChI is InChI=1S/C9H12O.C7H6O2.2C7H8O/c1-3-10-9-7-5-4-6-8(9)2;8-7(9)6-4-2-1-3-5-6;2*1-8-7-5-3-2-4-6-7/h4-7H,3H2,1-2H3;1-5H,(H,8,9);2*2-6H,1H3.